The van der Waals surface area contributed by atoms with Gasteiger partial charge in [-0.25, -0.2) is 9.78 Å². The second kappa shape index (κ2) is 7.49. The monoisotopic (exact) mass is 362 g/mol. The van der Waals surface area contributed by atoms with Gasteiger partial charge in [0, 0.05) is 20.3 Å². The fourth-order valence-corrected chi connectivity index (χ4v) is 2.80. The molecular weight excluding hydrogens is 336 g/mol. The Bertz CT molecular complexity index is 775. The molecule has 8 nitrogen and oxygen atoms in total. The Hall–Kier alpha value is -2.35. The normalized spacial score (nSPS) is 15.8. The standard InChI is InChI=1S/C18H26N4O4/c1-18(2,3)26-17(23)20-13-9-14-15(19-10-13)16(21-22(14)4)25-11-12-5-7-24-8-6-12/h9-10,12H,5-8,11H2,1-4H3,(H,20,23). The number of nitrogens with zero attached hydrogens (tertiary/aromatic N) is 3. The largest absolute Gasteiger partial charge is 0.475 e. The number of hydrogen-bond acceptors (Lipinski definition) is 6. The number of nitrogens with one attached hydrogen (secondary N) is 1. The number of aromatic nitrogens is 3. The second-order valence-corrected chi connectivity index (χ2v) is 7.51. The zero-order valence-corrected chi connectivity index (χ0v) is 15.7. The number of hydrogen-bond donors (Lipinski definition) is 1. The molecule has 0 bridgehead atoms. The Kier molecular flexibility index (Phi) is 5.31. The molecule has 142 valence electrons. The van der Waals surface area contributed by atoms with Gasteiger partial charge in [0.15, 0.2) is 5.52 Å². The Balaban J connectivity index is 1.70. The summed E-state index contributed by atoms with van der Waals surface area (Å²) in [6, 6.07) is 1.81. The van der Waals surface area contributed by atoms with Crippen LogP contribution in [0.5, 0.6) is 5.88 Å². The van der Waals surface area contributed by atoms with Crippen LogP contribution in [0.3, 0.4) is 0 Å². The summed E-state index contributed by atoms with van der Waals surface area (Å²) in [6.45, 7) is 7.63. The van der Waals surface area contributed by atoms with Crippen molar-refractivity contribution in [2.75, 3.05) is 25.1 Å². The van der Waals surface area contributed by atoms with E-state index in [0.29, 0.717) is 29.6 Å². The molecule has 26 heavy (non-hydrogen) atoms. The number of rotatable bonds is 4. The van der Waals surface area contributed by atoms with Gasteiger partial charge >= 0.3 is 6.09 Å². The smallest absolute Gasteiger partial charge is 0.412 e. The van der Waals surface area contributed by atoms with Crippen molar-refractivity contribution in [3.8, 4) is 5.88 Å². The van der Waals surface area contributed by atoms with E-state index in [0.717, 1.165) is 31.6 Å². The van der Waals surface area contributed by atoms with E-state index < -0.39 is 11.7 Å². The molecule has 2 aromatic heterocycles. The summed E-state index contributed by atoms with van der Waals surface area (Å²) < 4.78 is 18.2. The van der Waals surface area contributed by atoms with Gasteiger partial charge in [-0.2, -0.15) is 0 Å². The van der Waals surface area contributed by atoms with Crippen molar-refractivity contribution < 1.29 is 19.0 Å². The molecule has 1 aliphatic rings. The number of pyridine rings is 1. The third-order valence-electron chi connectivity index (χ3n) is 4.10. The van der Waals surface area contributed by atoms with E-state index in [9.17, 15) is 4.79 Å². The lowest BCUT2D eigenvalue weighted by Crippen LogP contribution is -2.27. The molecular formula is C18H26N4O4. The van der Waals surface area contributed by atoms with Crippen molar-refractivity contribution in [2.24, 2.45) is 13.0 Å². The molecule has 1 aliphatic heterocycles. The molecule has 0 aliphatic carbocycles. The van der Waals surface area contributed by atoms with Crippen LogP contribution in [0, 0.1) is 5.92 Å². The molecule has 0 aromatic carbocycles. The molecule has 1 fully saturated rings. The summed E-state index contributed by atoms with van der Waals surface area (Å²) in [4.78, 5) is 16.3. The molecule has 8 heteroatoms. The maximum Gasteiger partial charge on any atom is 0.412 e. The van der Waals surface area contributed by atoms with E-state index >= 15 is 0 Å². The molecule has 0 spiro atoms. The summed E-state index contributed by atoms with van der Waals surface area (Å²) in [5, 5.41) is 7.10. The Morgan fingerprint density at radius 3 is 2.81 bits per heavy atom. The van der Waals surface area contributed by atoms with Gasteiger partial charge in [-0.1, -0.05) is 0 Å². The number of amides is 1. The van der Waals surface area contributed by atoms with Crippen molar-refractivity contribution in [1.29, 1.82) is 0 Å². The number of ether oxygens (including phenoxy) is 3. The number of fused-ring (bicyclic) bond motifs is 1. The van der Waals surface area contributed by atoms with E-state index in [2.05, 4.69) is 15.4 Å². The molecule has 3 rings (SSSR count). The molecule has 0 atom stereocenters. The first-order chi connectivity index (χ1) is 12.3. The molecule has 0 saturated carbocycles. The number of carbonyl (C=O) groups excluding carboxylic acids is 1. The quantitative estimate of drug-likeness (QED) is 0.899. The van der Waals surface area contributed by atoms with Crippen LogP contribution >= 0.6 is 0 Å². The van der Waals surface area contributed by atoms with Crippen LogP contribution in [0.4, 0.5) is 10.5 Å². The van der Waals surface area contributed by atoms with Crippen LogP contribution in [0.25, 0.3) is 11.0 Å². The predicted octanol–water partition coefficient (Wildman–Crippen LogP) is 3.12. The summed E-state index contributed by atoms with van der Waals surface area (Å²) >= 11 is 0. The molecule has 1 N–H and O–H groups in total. The Morgan fingerprint density at radius 1 is 1.38 bits per heavy atom. The van der Waals surface area contributed by atoms with Crippen molar-refractivity contribution in [3.05, 3.63) is 12.3 Å². The first-order valence-electron chi connectivity index (χ1n) is 8.85. The highest BCUT2D eigenvalue weighted by atomic mass is 16.6. The average molecular weight is 362 g/mol. The molecule has 2 aromatic rings. The molecule has 1 amide bonds. The number of carbonyl (C=O) groups is 1. The zero-order chi connectivity index (χ0) is 18.7. The van der Waals surface area contributed by atoms with Gasteiger partial charge in [0.25, 0.3) is 5.88 Å². The molecule has 1 saturated heterocycles. The lowest BCUT2D eigenvalue weighted by atomic mass is 10.0. The van der Waals surface area contributed by atoms with E-state index in [4.69, 9.17) is 14.2 Å². The lowest BCUT2D eigenvalue weighted by molar-refractivity contribution is 0.0491. The minimum atomic E-state index is -0.556. The van der Waals surface area contributed by atoms with Crippen LogP contribution in [0.1, 0.15) is 33.6 Å². The van der Waals surface area contributed by atoms with Crippen LogP contribution in [0.2, 0.25) is 0 Å². The predicted molar refractivity (Wildman–Crippen MR) is 97.4 cm³/mol. The van der Waals surface area contributed by atoms with Gasteiger partial charge in [-0.05, 0) is 45.6 Å². The van der Waals surface area contributed by atoms with E-state index in [1.165, 1.54) is 0 Å². The van der Waals surface area contributed by atoms with Crippen LogP contribution in [-0.4, -0.2) is 46.3 Å². The van der Waals surface area contributed by atoms with Gasteiger partial charge in [-0.15, -0.1) is 5.10 Å². The van der Waals surface area contributed by atoms with Crippen molar-refractivity contribution in [2.45, 2.75) is 39.2 Å². The molecule has 3 heterocycles. The Labute approximate surface area is 152 Å². The number of aryl methyl sites for hydroxylation is 1. The van der Waals surface area contributed by atoms with E-state index in [-0.39, 0.29) is 0 Å². The van der Waals surface area contributed by atoms with Gasteiger partial charge in [0.05, 0.1) is 24.0 Å². The first-order valence-corrected chi connectivity index (χ1v) is 8.85. The summed E-state index contributed by atoms with van der Waals surface area (Å²) in [6.07, 6.45) is 3.07. The van der Waals surface area contributed by atoms with Crippen molar-refractivity contribution >= 4 is 22.8 Å². The summed E-state index contributed by atoms with van der Waals surface area (Å²) in [5.74, 6) is 0.992. The Morgan fingerprint density at radius 2 is 2.12 bits per heavy atom. The minimum absolute atomic E-state index is 0.480. The molecule has 0 radical (unpaired) electrons. The second-order valence-electron chi connectivity index (χ2n) is 7.51. The minimum Gasteiger partial charge on any atom is -0.475 e. The van der Waals surface area contributed by atoms with Crippen LogP contribution in [0.15, 0.2) is 12.3 Å². The first kappa shape index (κ1) is 18.4. The van der Waals surface area contributed by atoms with Gasteiger partial charge in [-0.3, -0.25) is 10.00 Å². The third kappa shape index (κ3) is 4.63. The summed E-state index contributed by atoms with van der Waals surface area (Å²) in [5.41, 5.74) is 1.44. The fraction of sp³-hybridized carbons (Fsp3) is 0.611. The van der Waals surface area contributed by atoms with Crippen molar-refractivity contribution in [1.82, 2.24) is 14.8 Å². The fourth-order valence-electron chi connectivity index (χ4n) is 2.80. The average Bonchev–Trinajstić information content (AvgIpc) is 2.88. The highest BCUT2D eigenvalue weighted by molar-refractivity contribution is 5.89. The lowest BCUT2D eigenvalue weighted by Gasteiger charge is -2.21. The van der Waals surface area contributed by atoms with Gasteiger partial charge in [0.1, 0.15) is 5.60 Å². The van der Waals surface area contributed by atoms with Crippen LogP contribution in [-0.2, 0) is 16.5 Å². The summed E-state index contributed by atoms with van der Waals surface area (Å²) in [7, 11) is 1.82. The SMILES string of the molecule is Cn1nc(OCC2CCOCC2)c2ncc(NC(=O)OC(C)(C)C)cc21. The van der Waals surface area contributed by atoms with Gasteiger partial charge in [0.2, 0.25) is 0 Å². The maximum absolute atomic E-state index is 11.9. The number of anilines is 1. The zero-order valence-electron chi connectivity index (χ0n) is 15.7. The highest BCUT2D eigenvalue weighted by Gasteiger charge is 2.19. The molecule has 0 unspecified atom stereocenters. The van der Waals surface area contributed by atoms with E-state index in [1.54, 1.807) is 16.9 Å². The van der Waals surface area contributed by atoms with Crippen molar-refractivity contribution in [3.63, 3.8) is 0 Å². The highest BCUT2D eigenvalue weighted by Crippen LogP contribution is 2.26. The van der Waals surface area contributed by atoms with E-state index in [1.807, 2.05) is 27.8 Å². The topological polar surface area (TPSA) is 87.5 Å². The third-order valence-corrected chi connectivity index (χ3v) is 4.10. The maximum atomic E-state index is 11.9. The van der Waals surface area contributed by atoms with Crippen LogP contribution < -0.4 is 10.1 Å². The van der Waals surface area contributed by atoms with Gasteiger partial charge < -0.3 is 14.2 Å².